The van der Waals surface area contributed by atoms with Crippen molar-refractivity contribution < 1.29 is 9.72 Å². The number of nitrogens with zero attached hydrogens (tertiary/aromatic N) is 4. The predicted molar refractivity (Wildman–Crippen MR) is 76.0 cm³/mol. The Balaban J connectivity index is 2.02. The van der Waals surface area contributed by atoms with Crippen LogP contribution in [0.15, 0.2) is 53.9 Å². The molecule has 0 unspecified atom stereocenters. The molecule has 0 spiro atoms. The fourth-order valence-corrected chi connectivity index (χ4v) is 2.11. The maximum atomic E-state index is 12.1. The summed E-state index contributed by atoms with van der Waals surface area (Å²) in [6.45, 7) is 0. The number of anilines is 1. The molecule has 0 fully saturated rings. The summed E-state index contributed by atoms with van der Waals surface area (Å²) in [4.78, 5) is 26.3. The highest BCUT2D eigenvalue weighted by atomic mass is 16.6. The number of hydrogen-bond donors (Lipinski definition) is 0. The fourth-order valence-electron chi connectivity index (χ4n) is 2.11. The second kappa shape index (κ2) is 5.12. The molecule has 1 aliphatic rings. The van der Waals surface area contributed by atoms with Crippen molar-refractivity contribution in [1.29, 1.82) is 0 Å². The van der Waals surface area contributed by atoms with Crippen LogP contribution >= 0.6 is 0 Å². The molecule has 2 heterocycles. The minimum atomic E-state index is -0.578. The van der Waals surface area contributed by atoms with E-state index in [0.29, 0.717) is 5.71 Å². The van der Waals surface area contributed by atoms with Gasteiger partial charge in [0, 0.05) is 6.20 Å². The number of rotatable bonds is 3. The second-order valence-corrected chi connectivity index (χ2v) is 4.42. The van der Waals surface area contributed by atoms with Crippen LogP contribution in [0.4, 0.5) is 11.4 Å². The van der Waals surface area contributed by atoms with E-state index >= 15 is 0 Å². The van der Waals surface area contributed by atoms with Gasteiger partial charge in [-0.3, -0.25) is 19.9 Å². The summed E-state index contributed by atoms with van der Waals surface area (Å²) in [5.74, 6) is -0.303. The normalized spacial score (nSPS) is 14.2. The summed E-state index contributed by atoms with van der Waals surface area (Å²) in [6.07, 6.45) is 2.62. The van der Waals surface area contributed by atoms with Gasteiger partial charge in [-0.1, -0.05) is 30.3 Å². The summed E-state index contributed by atoms with van der Waals surface area (Å²) in [5.41, 5.74) is 1.30. The van der Waals surface area contributed by atoms with Gasteiger partial charge in [0.25, 0.3) is 5.91 Å². The number of pyridine rings is 1. The topological polar surface area (TPSA) is 88.7 Å². The Morgan fingerprint density at radius 1 is 1.19 bits per heavy atom. The van der Waals surface area contributed by atoms with E-state index in [1.165, 1.54) is 12.3 Å². The van der Waals surface area contributed by atoms with E-state index in [4.69, 9.17) is 0 Å². The lowest BCUT2D eigenvalue weighted by molar-refractivity contribution is -0.384. The summed E-state index contributed by atoms with van der Waals surface area (Å²) in [7, 11) is 0. The lowest BCUT2D eigenvalue weighted by atomic mass is 10.1. The average molecular weight is 282 g/mol. The SMILES string of the molecule is O=C1CC(c2ccccc2)=NN1c1ccncc1[N+](=O)[O-]. The first-order chi connectivity index (χ1) is 10.2. The van der Waals surface area contributed by atoms with Gasteiger partial charge in [0.15, 0.2) is 0 Å². The van der Waals surface area contributed by atoms with Gasteiger partial charge >= 0.3 is 5.69 Å². The zero-order chi connectivity index (χ0) is 14.8. The first-order valence-corrected chi connectivity index (χ1v) is 6.21. The standard InChI is InChI=1S/C14H10N4O3/c19-14-8-11(10-4-2-1-3-5-10)16-17(14)12-6-7-15-9-13(12)18(20)21/h1-7,9H,8H2. The highest BCUT2D eigenvalue weighted by Crippen LogP contribution is 2.30. The van der Waals surface area contributed by atoms with Gasteiger partial charge in [-0.25, -0.2) is 0 Å². The van der Waals surface area contributed by atoms with Gasteiger partial charge in [0.2, 0.25) is 0 Å². The molecule has 0 aliphatic carbocycles. The third-order valence-corrected chi connectivity index (χ3v) is 3.09. The van der Waals surface area contributed by atoms with Gasteiger partial charge in [-0.2, -0.15) is 10.1 Å². The molecule has 0 N–H and O–H groups in total. The van der Waals surface area contributed by atoms with Crippen molar-refractivity contribution in [3.05, 3.63) is 64.5 Å². The molecule has 1 aliphatic heterocycles. The Morgan fingerprint density at radius 2 is 1.95 bits per heavy atom. The Labute approximate surface area is 119 Å². The van der Waals surface area contributed by atoms with Crippen LogP contribution in [-0.4, -0.2) is 21.5 Å². The number of carbonyl (C=O) groups excluding carboxylic acids is 1. The summed E-state index contributed by atoms with van der Waals surface area (Å²) < 4.78 is 0. The molecule has 0 saturated carbocycles. The predicted octanol–water partition coefficient (Wildman–Crippen LogP) is 2.13. The van der Waals surface area contributed by atoms with E-state index in [1.54, 1.807) is 0 Å². The number of hydrazone groups is 1. The van der Waals surface area contributed by atoms with Crippen molar-refractivity contribution in [3.63, 3.8) is 0 Å². The molecule has 2 aromatic rings. The molecule has 21 heavy (non-hydrogen) atoms. The number of carbonyl (C=O) groups is 1. The number of amides is 1. The molecule has 1 aromatic heterocycles. The van der Waals surface area contributed by atoms with Crippen LogP contribution in [0.5, 0.6) is 0 Å². The van der Waals surface area contributed by atoms with Crippen LogP contribution < -0.4 is 5.01 Å². The Hall–Kier alpha value is -3.09. The summed E-state index contributed by atoms with van der Waals surface area (Å²) in [5, 5.41) is 16.3. The molecular formula is C14H10N4O3. The van der Waals surface area contributed by atoms with Crippen molar-refractivity contribution in [2.24, 2.45) is 5.10 Å². The molecular weight excluding hydrogens is 272 g/mol. The molecule has 0 radical (unpaired) electrons. The number of aromatic nitrogens is 1. The van der Waals surface area contributed by atoms with Crippen molar-refractivity contribution in [2.75, 3.05) is 5.01 Å². The molecule has 0 saturated heterocycles. The zero-order valence-corrected chi connectivity index (χ0v) is 10.8. The Bertz CT molecular complexity index is 743. The molecule has 104 valence electrons. The van der Waals surface area contributed by atoms with Crippen LogP contribution in [-0.2, 0) is 4.79 Å². The molecule has 7 heteroatoms. The first-order valence-electron chi connectivity index (χ1n) is 6.21. The van der Waals surface area contributed by atoms with Crippen LogP contribution in [0.3, 0.4) is 0 Å². The monoisotopic (exact) mass is 282 g/mol. The van der Waals surface area contributed by atoms with Gasteiger partial charge in [-0.15, -0.1) is 0 Å². The molecule has 3 rings (SSSR count). The smallest absolute Gasteiger partial charge is 0.272 e. The molecule has 1 amide bonds. The average Bonchev–Trinajstić information content (AvgIpc) is 2.90. The van der Waals surface area contributed by atoms with Crippen molar-refractivity contribution >= 4 is 23.0 Å². The maximum absolute atomic E-state index is 12.1. The molecule has 0 atom stereocenters. The van der Waals surface area contributed by atoms with Crippen LogP contribution in [0.2, 0.25) is 0 Å². The first kappa shape index (κ1) is 12.9. The van der Waals surface area contributed by atoms with Crippen LogP contribution in [0.1, 0.15) is 12.0 Å². The van der Waals surface area contributed by atoms with Gasteiger partial charge < -0.3 is 0 Å². The fraction of sp³-hybridized carbons (Fsp3) is 0.0714. The molecule has 0 bridgehead atoms. The van der Waals surface area contributed by atoms with Gasteiger partial charge in [0.05, 0.1) is 17.1 Å². The van der Waals surface area contributed by atoms with Crippen molar-refractivity contribution in [2.45, 2.75) is 6.42 Å². The highest BCUT2D eigenvalue weighted by molar-refractivity contribution is 6.19. The zero-order valence-electron chi connectivity index (χ0n) is 10.8. The summed E-state index contributed by atoms with van der Waals surface area (Å²) >= 11 is 0. The van der Waals surface area contributed by atoms with Crippen LogP contribution in [0, 0.1) is 10.1 Å². The van der Waals surface area contributed by atoms with E-state index in [9.17, 15) is 14.9 Å². The third kappa shape index (κ3) is 2.36. The van der Waals surface area contributed by atoms with E-state index in [0.717, 1.165) is 16.8 Å². The van der Waals surface area contributed by atoms with Gasteiger partial charge in [0.1, 0.15) is 11.9 Å². The number of benzene rings is 1. The highest BCUT2D eigenvalue weighted by Gasteiger charge is 2.30. The Morgan fingerprint density at radius 3 is 2.67 bits per heavy atom. The lowest BCUT2D eigenvalue weighted by Gasteiger charge is -2.10. The lowest BCUT2D eigenvalue weighted by Crippen LogP contribution is -2.20. The quantitative estimate of drug-likeness (QED) is 0.637. The minimum absolute atomic E-state index is 0.115. The van der Waals surface area contributed by atoms with E-state index in [1.807, 2.05) is 30.3 Å². The second-order valence-electron chi connectivity index (χ2n) is 4.42. The summed E-state index contributed by atoms with van der Waals surface area (Å²) in [6, 6.07) is 10.7. The van der Waals surface area contributed by atoms with Crippen molar-refractivity contribution in [3.8, 4) is 0 Å². The van der Waals surface area contributed by atoms with E-state index < -0.39 is 4.92 Å². The third-order valence-electron chi connectivity index (χ3n) is 3.09. The number of nitro groups is 1. The van der Waals surface area contributed by atoms with Crippen LogP contribution in [0.25, 0.3) is 0 Å². The van der Waals surface area contributed by atoms with Crippen molar-refractivity contribution in [1.82, 2.24) is 4.98 Å². The molecule has 1 aromatic carbocycles. The van der Waals surface area contributed by atoms with E-state index in [-0.39, 0.29) is 23.7 Å². The van der Waals surface area contributed by atoms with Gasteiger partial charge in [-0.05, 0) is 11.6 Å². The largest absolute Gasteiger partial charge is 0.313 e. The van der Waals surface area contributed by atoms with E-state index in [2.05, 4.69) is 10.1 Å². The molecule has 7 nitrogen and oxygen atoms in total. The number of hydrogen-bond acceptors (Lipinski definition) is 5. The Kier molecular flexibility index (Phi) is 3.15. The minimum Gasteiger partial charge on any atom is -0.272 e. The maximum Gasteiger partial charge on any atom is 0.313 e.